The summed E-state index contributed by atoms with van der Waals surface area (Å²) in [6.45, 7) is 0. The predicted octanol–water partition coefficient (Wildman–Crippen LogP) is 4.25. The van der Waals surface area contributed by atoms with Gasteiger partial charge in [0.25, 0.3) is 0 Å². The van der Waals surface area contributed by atoms with Crippen LogP contribution < -0.4 is 5.32 Å². The Morgan fingerprint density at radius 1 is 0.931 bits per heavy atom. The van der Waals surface area contributed by atoms with E-state index < -0.39 is 5.41 Å². The molecule has 2 heterocycles. The van der Waals surface area contributed by atoms with E-state index in [1.807, 2.05) is 42.5 Å². The van der Waals surface area contributed by atoms with Crippen molar-refractivity contribution in [2.45, 2.75) is 43.6 Å². The molecule has 1 atom stereocenters. The Kier molecular flexibility index (Phi) is 3.40. The number of carbonyl (C=O) groups excluding carboxylic acids is 2. The summed E-state index contributed by atoms with van der Waals surface area (Å²) >= 11 is 0. The Morgan fingerprint density at radius 2 is 1.66 bits per heavy atom. The topological polar surface area (TPSA) is 67.8 Å². The monoisotopic (exact) mass is 384 g/mol. The molecule has 2 aromatic carbocycles. The van der Waals surface area contributed by atoms with Crippen LogP contribution in [0.4, 0.5) is 5.69 Å². The van der Waals surface area contributed by atoms with Gasteiger partial charge in [-0.25, -0.2) is 0 Å². The summed E-state index contributed by atoms with van der Waals surface area (Å²) in [6.07, 6.45) is 5.46. The highest BCUT2D eigenvalue weighted by molar-refractivity contribution is 6.37. The lowest BCUT2D eigenvalue weighted by Crippen LogP contribution is -2.44. The summed E-state index contributed by atoms with van der Waals surface area (Å²) in [6, 6.07) is 15.1. The Labute approximate surface area is 168 Å². The van der Waals surface area contributed by atoms with E-state index in [9.17, 15) is 9.59 Å². The van der Waals surface area contributed by atoms with Crippen LogP contribution in [-0.2, 0) is 14.9 Å². The van der Waals surface area contributed by atoms with Crippen molar-refractivity contribution < 1.29 is 14.3 Å². The molecule has 1 saturated carbocycles. The zero-order valence-corrected chi connectivity index (χ0v) is 15.9. The van der Waals surface area contributed by atoms with Gasteiger partial charge < -0.3 is 10.1 Å². The quantitative estimate of drug-likeness (QED) is 0.799. The molecule has 2 aliphatic carbocycles. The van der Waals surface area contributed by atoms with Crippen LogP contribution in [0.1, 0.15) is 53.6 Å². The standard InChI is InChI=1S/C24H20N2O3/c27-20-15-10-4-5-11-16(15)21-19(20)24(17-12-6-7-13-18(17)26-22(24)28)23(29-21)25-14-8-2-1-3-9-14/h4-7,10-14H,1-3,8-9H2,(H,26,28). The fourth-order valence-electron chi connectivity index (χ4n) is 5.20. The van der Waals surface area contributed by atoms with Gasteiger partial charge in [-0.3, -0.25) is 14.6 Å². The van der Waals surface area contributed by atoms with Crippen molar-refractivity contribution in [3.8, 4) is 0 Å². The second-order valence-corrected chi connectivity index (χ2v) is 8.16. The highest BCUT2D eigenvalue weighted by Gasteiger charge is 2.64. The molecule has 0 radical (unpaired) electrons. The van der Waals surface area contributed by atoms with Crippen molar-refractivity contribution in [2.75, 3.05) is 5.32 Å². The number of nitrogens with zero attached hydrogens (tertiary/aromatic N) is 1. The third kappa shape index (κ3) is 2.07. The predicted molar refractivity (Wildman–Crippen MR) is 110 cm³/mol. The van der Waals surface area contributed by atoms with Gasteiger partial charge in [-0.05, 0) is 18.9 Å². The minimum absolute atomic E-state index is 0.126. The van der Waals surface area contributed by atoms with E-state index in [2.05, 4.69) is 5.32 Å². The number of Topliss-reactive ketones (excluding diaryl/α,β-unsaturated/α-hetero) is 1. The van der Waals surface area contributed by atoms with E-state index in [1.54, 1.807) is 6.07 Å². The normalized spacial score (nSPS) is 26.6. The van der Waals surface area contributed by atoms with Crippen molar-refractivity contribution in [1.82, 2.24) is 0 Å². The van der Waals surface area contributed by atoms with E-state index in [-0.39, 0.29) is 17.7 Å². The zero-order chi connectivity index (χ0) is 19.6. The van der Waals surface area contributed by atoms with Crippen LogP contribution >= 0.6 is 0 Å². The van der Waals surface area contributed by atoms with E-state index in [4.69, 9.17) is 9.73 Å². The van der Waals surface area contributed by atoms with Gasteiger partial charge in [0.1, 0.15) is 5.76 Å². The third-order valence-corrected chi connectivity index (χ3v) is 6.56. The van der Waals surface area contributed by atoms with Crippen LogP contribution in [0.5, 0.6) is 0 Å². The van der Waals surface area contributed by atoms with E-state index in [0.29, 0.717) is 22.8 Å². The van der Waals surface area contributed by atoms with Crippen molar-refractivity contribution in [1.29, 1.82) is 0 Å². The second kappa shape index (κ2) is 5.89. The van der Waals surface area contributed by atoms with Crippen LogP contribution in [0.3, 0.4) is 0 Å². The molecule has 1 unspecified atom stereocenters. The number of anilines is 1. The highest BCUT2D eigenvalue weighted by atomic mass is 16.5. The smallest absolute Gasteiger partial charge is 0.249 e. The molecule has 0 aromatic heterocycles. The van der Waals surface area contributed by atoms with Crippen LogP contribution in [0.2, 0.25) is 0 Å². The summed E-state index contributed by atoms with van der Waals surface area (Å²) < 4.78 is 6.30. The number of hydrogen-bond donors (Lipinski definition) is 1. The molecule has 0 bridgehead atoms. The lowest BCUT2D eigenvalue weighted by Gasteiger charge is -2.26. The Bertz CT molecular complexity index is 1140. The van der Waals surface area contributed by atoms with Gasteiger partial charge in [0.15, 0.2) is 11.2 Å². The molecule has 144 valence electrons. The molecule has 2 aliphatic heterocycles. The molecule has 1 fully saturated rings. The SMILES string of the molecule is O=C1C2=C(OC(=NC3CCCCC3)C23C(=O)Nc2ccccc23)c2ccccc21. The number of aliphatic imine (C=N–C) groups is 1. The lowest BCUT2D eigenvalue weighted by molar-refractivity contribution is -0.117. The number of carbonyl (C=O) groups is 2. The highest BCUT2D eigenvalue weighted by Crippen LogP contribution is 2.55. The number of para-hydroxylation sites is 1. The van der Waals surface area contributed by atoms with Crippen LogP contribution in [0.15, 0.2) is 59.1 Å². The molecule has 0 saturated heterocycles. The third-order valence-electron chi connectivity index (χ3n) is 6.56. The first-order chi connectivity index (χ1) is 14.2. The Hall–Kier alpha value is -3.21. The maximum atomic E-state index is 13.5. The summed E-state index contributed by atoms with van der Waals surface area (Å²) in [5, 5.41) is 2.97. The lowest BCUT2D eigenvalue weighted by atomic mass is 9.74. The maximum Gasteiger partial charge on any atom is 0.249 e. The van der Waals surface area contributed by atoms with Gasteiger partial charge in [-0.15, -0.1) is 0 Å². The summed E-state index contributed by atoms with van der Waals surface area (Å²) in [5.74, 6) is 0.461. The van der Waals surface area contributed by atoms with Crippen LogP contribution in [-0.4, -0.2) is 23.6 Å². The maximum absolute atomic E-state index is 13.5. The first-order valence-electron chi connectivity index (χ1n) is 10.3. The first-order valence-corrected chi connectivity index (χ1v) is 10.3. The summed E-state index contributed by atoms with van der Waals surface area (Å²) in [5.41, 5.74) is 1.93. The molecule has 6 rings (SSSR count). The fourth-order valence-corrected chi connectivity index (χ4v) is 5.20. The van der Waals surface area contributed by atoms with Crippen molar-refractivity contribution in [3.05, 3.63) is 70.8 Å². The number of amides is 1. The number of benzene rings is 2. The largest absolute Gasteiger partial charge is 0.440 e. The van der Waals surface area contributed by atoms with Crippen LogP contribution in [0, 0.1) is 0 Å². The zero-order valence-electron chi connectivity index (χ0n) is 15.9. The van der Waals surface area contributed by atoms with Crippen molar-refractivity contribution >= 4 is 29.0 Å². The summed E-state index contributed by atoms with van der Waals surface area (Å²) in [7, 11) is 0. The summed E-state index contributed by atoms with van der Waals surface area (Å²) in [4.78, 5) is 31.9. The molecule has 1 spiro atoms. The number of hydrogen-bond acceptors (Lipinski definition) is 4. The molecule has 1 N–H and O–H groups in total. The molecular weight excluding hydrogens is 364 g/mol. The average Bonchev–Trinajstić information content (AvgIpc) is 3.34. The first kappa shape index (κ1) is 16.7. The fraction of sp³-hybridized carbons (Fsp3) is 0.292. The Balaban J connectivity index is 1.61. The van der Waals surface area contributed by atoms with Gasteiger partial charge in [-0.1, -0.05) is 61.7 Å². The van der Waals surface area contributed by atoms with Crippen molar-refractivity contribution in [2.24, 2.45) is 4.99 Å². The average molecular weight is 384 g/mol. The van der Waals surface area contributed by atoms with Gasteiger partial charge in [0, 0.05) is 22.4 Å². The molecule has 1 amide bonds. The molecular formula is C24H20N2O3. The van der Waals surface area contributed by atoms with Gasteiger partial charge in [0.2, 0.25) is 11.8 Å². The molecule has 5 nitrogen and oxygen atoms in total. The van der Waals surface area contributed by atoms with Gasteiger partial charge in [0.05, 0.1) is 11.6 Å². The minimum Gasteiger partial charge on any atom is -0.440 e. The van der Waals surface area contributed by atoms with Crippen LogP contribution in [0.25, 0.3) is 5.76 Å². The number of nitrogens with one attached hydrogen (secondary N) is 1. The van der Waals surface area contributed by atoms with Gasteiger partial charge in [-0.2, -0.15) is 0 Å². The van der Waals surface area contributed by atoms with E-state index in [1.165, 1.54) is 6.42 Å². The number of rotatable bonds is 1. The molecule has 4 aliphatic rings. The van der Waals surface area contributed by atoms with E-state index in [0.717, 1.165) is 42.5 Å². The van der Waals surface area contributed by atoms with E-state index >= 15 is 0 Å². The molecule has 5 heteroatoms. The molecule has 29 heavy (non-hydrogen) atoms. The number of ketones is 1. The van der Waals surface area contributed by atoms with Crippen molar-refractivity contribution in [3.63, 3.8) is 0 Å². The van der Waals surface area contributed by atoms with Gasteiger partial charge >= 0.3 is 0 Å². The minimum atomic E-state index is -1.29. The molecule has 2 aromatic rings. The number of fused-ring (bicyclic) bond motifs is 5. The Morgan fingerprint density at radius 3 is 2.48 bits per heavy atom. The number of ether oxygens (including phenoxy) is 1. The second-order valence-electron chi connectivity index (χ2n) is 8.16.